The standard InChI is InChI=1S/C25H22F3N5O2S/c26-25(27,28)19-3-1-16(2-4-19)22-15-33(31-30-22)20-12-17(11-18(13-20)24(34)35)23-6-5-21(36-23)14-32-9-7-29-8-10-32/h1-6,11-13,15,29H,7-10,14H2,(H,34,35). The zero-order valence-electron chi connectivity index (χ0n) is 19.0. The second-order valence-corrected chi connectivity index (χ2v) is 9.66. The highest BCUT2D eigenvalue weighted by Gasteiger charge is 2.30. The summed E-state index contributed by atoms with van der Waals surface area (Å²) in [7, 11) is 0. The van der Waals surface area contributed by atoms with E-state index in [4.69, 9.17) is 0 Å². The summed E-state index contributed by atoms with van der Waals surface area (Å²) >= 11 is 1.62. The van der Waals surface area contributed by atoms with E-state index in [1.54, 1.807) is 23.6 Å². The van der Waals surface area contributed by atoms with Crippen molar-refractivity contribution >= 4 is 17.3 Å². The third-order valence-electron chi connectivity index (χ3n) is 5.97. The largest absolute Gasteiger partial charge is 0.478 e. The average Bonchev–Trinajstić information content (AvgIpc) is 3.54. The van der Waals surface area contributed by atoms with E-state index in [0.29, 0.717) is 16.9 Å². The molecule has 1 aliphatic rings. The summed E-state index contributed by atoms with van der Waals surface area (Å²) in [6.45, 7) is 4.75. The van der Waals surface area contributed by atoms with Gasteiger partial charge in [0.1, 0.15) is 5.69 Å². The number of nitrogens with one attached hydrogen (secondary N) is 1. The van der Waals surface area contributed by atoms with E-state index >= 15 is 0 Å². The molecule has 1 aliphatic heterocycles. The molecule has 0 unspecified atom stereocenters. The Kier molecular flexibility index (Phi) is 6.61. The number of rotatable bonds is 6. The first-order chi connectivity index (χ1) is 17.3. The molecule has 3 heterocycles. The van der Waals surface area contributed by atoms with Crippen molar-refractivity contribution in [2.75, 3.05) is 26.2 Å². The molecule has 0 saturated carbocycles. The summed E-state index contributed by atoms with van der Waals surface area (Å²) in [6.07, 6.45) is -2.85. The number of hydrogen-bond donors (Lipinski definition) is 2. The maximum atomic E-state index is 12.9. The first-order valence-corrected chi connectivity index (χ1v) is 12.1. The fourth-order valence-electron chi connectivity index (χ4n) is 4.07. The molecule has 4 aromatic rings. The van der Waals surface area contributed by atoms with Gasteiger partial charge in [-0.3, -0.25) is 4.90 Å². The molecular formula is C25H22F3N5O2S. The van der Waals surface area contributed by atoms with Gasteiger partial charge < -0.3 is 10.4 Å². The minimum absolute atomic E-state index is 0.103. The van der Waals surface area contributed by atoms with Crippen LogP contribution in [0.15, 0.2) is 60.8 Å². The Hall–Kier alpha value is -3.54. The lowest BCUT2D eigenvalue weighted by Crippen LogP contribution is -2.42. The van der Waals surface area contributed by atoms with Crippen LogP contribution in [-0.4, -0.2) is 57.1 Å². The molecular weight excluding hydrogens is 491 g/mol. The number of carboxylic acids is 1. The summed E-state index contributed by atoms with van der Waals surface area (Å²) in [5.74, 6) is -1.07. The molecule has 11 heteroatoms. The van der Waals surface area contributed by atoms with Crippen molar-refractivity contribution in [3.05, 3.63) is 76.8 Å². The summed E-state index contributed by atoms with van der Waals surface area (Å²) in [4.78, 5) is 16.3. The summed E-state index contributed by atoms with van der Waals surface area (Å²) in [6, 6.07) is 13.7. The Balaban J connectivity index is 1.42. The Morgan fingerprint density at radius 2 is 1.78 bits per heavy atom. The number of carbonyl (C=O) groups is 1. The third kappa shape index (κ3) is 5.32. The van der Waals surface area contributed by atoms with Gasteiger partial charge in [0.25, 0.3) is 0 Å². The van der Waals surface area contributed by atoms with Gasteiger partial charge in [-0.1, -0.05) is 17.3 Å². The highest BCUT2D eigenvalue weighted by Crippen LogP contribution is 2.33. The number of thiophene rings is 1. The van der Waals surface area contributed by atoms with E-state index in [2.05, 4.69) is 26.6 Å². The molecule has 1 saturated heterocycles. The topological polar surface area (TPSA) is 83.3 Å². The summed E-state index contributed by atoms with van der Waals surface area (Å²) in [5.41, 5.74) is 1.44. The Bertz CT molecular complexity index is 1380. The summed E-state index contributed by atoms with van der Waals surface area (Å²) < 4.78 is 40.0. The second-order valence-electron chi connectivity index (χ2n) is 8.49. The van der Waals surface area contributed by atoms with Crippen LogP contribution in [-0.2, 0) is 12.7 Å². The van der Waals surface area contributed by atoms with Crippen LogP contribution >= 0.6 is 11.3 Å². The fraction of sp³-hybridized carbons (Fsp3) is 0.240. The van der Waals surface area contributed by atoms with E-state index in [0.717, 1.165) is 55.3 Å². The zero-order chi connectivity index (χ0) is 25.3. The molecule has 36 heavy (non-hydrogen) atoms. The second kappa shape index (κ2) is 9.84. The zero-order valence-corrected chi connectivity index (χ0v) is 19.8. The number of nitrogens with zero attached hydrogens (tertiary/aromatic N) is 4. The van der Waals surface area contributed by atoms with Crippen LogP contribution in [0, 0.1) is 0 Å². The van der Waals surface area contributed by atoms with Gasteiger partial charge in [-0.25, -0.2) is 9.48 Å². The molecule has 0 amide bonds. The predicted octanol–water partition coefficient (Wildman–Crippen LogP) is 4.79. The van der Waals surface area contributed by atoms with Crippen LogP contribution < -0.4 is 5.32 Å². The van der Waals surface area contributed by atoms with Crippen LogP contribution in [0.3, 0.4) is 0 Å². The third-order valence-corrected chi connectivity index (χ3v) is 7.08. The van der Waals surface area contributed by atoms with E-state index in [-0.39, 0.29) is 5.56 Å². The van der Waals surface area contributed by atoms with Crippen LogP contribution in [0.5, 0.6) is 0 Å². The first-order valence-electron chi connectivity index (χ1n) is 11.3. The molecule has 0 atom stereocenters. The van der Waals surface area contributed by atoms with E-state index in [9.17, 15) is 23.1 Å². The monoisotopic (exact) mass is 513 g/mol. The van der Waals surface area contributed by atoms with Crippen LogP contribution in [0.25, 0.3) is 27.4 Å². The minimum atomic E-state index is -4.42. The number of aromatic nitrogens is 3. The Labute approximate surface area is 208 Å². The van der Waals surface area contributed by atoms with Crippen molar-refractivity contribution in [2.45, 2.75) is 12.7 Å². The smallest absolute Gasteiger partial charge is 0.416 e. The Morgan fingerprint density at radius 3 is 2.47 bits per heavy atom. The van der Waals surface area contributed by atoms with Crippen molar-refractivity contribution in [2.24, 2.45) is 0 Å². The molecule has 5 rings (SSSR count). The molecule has 1 fully saturated rings. The van der Waals surface area contributed by atoms with Gasteiger partial charge >= 0.3 is 12.1 Å². The number of halogens is 3. The predicted molar refractivity (Wildman–Crippen MR) is 130 cm³/mol. The van der Waals surface area contributed by atoms with Crippen molar-refractivity contribution < 1.29 is 23.1 Å². The van der Waals surface area contributed by atoms with Gasteiger partial charge in [-0.2, -0.15) is 13.2 Å². The SMILES string of the molecule is O=C(O)c1cc(-c2ccc(CN3CCNCC3)s2)cc(-n2cc(-c3ccc(C(F)(F)F)cc3)nn2)c1. The van der Waals surface area contributed by atoms with E-state index < -0.39 is 17.7 Å². The van der Waals surface area contributed by atoms with Gasteiger partial charge in [0.15, 0.2) is 0 Å². The number of benzene rings is 2. The van der Waals surface area contributed by atoms with Crippen LogP contribution in [0.1, 0.15) is 20.8 Å². The number of alkyl halides is 3. The number of piperazine rings is 1. The normalized spacial score (nSPS) is 14.8. The molecule has 2 aromatic heterocycles. The lowest BCUT2D eigenvalue weighted by Gasteiger charge is -2.26. The number of carboxylic acid groups (broad SMARTS) is 1. The fourth-order valence-corrected chi connectivity index (χ4v) is 5.11. The van der Waals surface area contributed by atoms with Gasteiger partial charge in [0, 0.05) is 48.0 Å². The molecule has 0 radical (unpaired) electrons. The van der Waals surface area contributed by atoms with Gasteiger partial charge in [-0.15, -0.1) is 16.4 Å². The molecule has 186 valence electrons. The molecule has 0 aliphatic carbocycles. The minimum Gasteiger partial charge on any atom is -0.478 e. The molecule has 0 spiro atoms. The maximum Gasteiger partial charge on any atom is 0.416 e. The van der Waals surface area contributed by atoms with Gasteiger partial charge in [0.05, 0.1) is 23.0 Å². The van der Waals surface area contributed by atoms with Gasteiger partial charge in [-0.05, 0) is 48.0 Å². The lowest BCUT2D eigenvalue weighted by molar-refractivity contribution is -0.137. The van der Waals surface area contributed by atoms with E-state index in [1.165, 1.54) is 27.8 Å². The number of aromatic carboxylic acids is 1. The molecule has 0 bridgehead atoms. The van der Waals surface area contributed by atoms with Crippen molar-refractivity contribution in [3.8, 4) is 27.4 Å². The lowest BCUT2D eigenvalue weighted by atomic mass is 10.1. The van der Waals surface area contributed by atoms with Crippen molar-refractivity contribution in [1.82, 2.24) is 25.2 Å². The Morgan fingerprint density at radius 1 is 1.03 bits per heavy atom. The maximum absolute atomic E-state index is 12.9. The van der Waals surface area contributed by atoms with Crippen molar-refractivity contribution in [3.63, 3.8) is 0 Å². The van der Waals surface area contributed by atoms with Crippen molar-refractivity contribution in [1.29, 1.82) is 0 Å². The van der Waals surface area contributed by atoms with E-state index in [1.807, 2.05) is 12.1 Å². The van der Waals surface area contributed by atoms with Crippen LogP contribution in [0.2, 0.25) is 0 Å². The van der Waals surface area contributed by atoms with Gasteiger partial charge in [0.2, 0.25) is 0 Å². The first kappa shape index (κ1) is 24.2. The quantitative estimate of drug-likeness (QED) is 0.386. The highest BCUT2D eigenvalue weighted by molar-refractivity contribution is 7.15. The number of hydrogen-bond acceptors (Lipinski definition) is 6. The molecule has 2 aromatic carbocycles. The highest BCUT2D eigenvalue weighted by atomic mass is 32.1. The summed E-state index contributed by atoms with van der Waals surface area (Å²) in [5, 5.41) is 21.2. The molecule has 7 nitrogen and oxygen atoms in total. The molecule has 2 N–H and O–H groups in total. The van der Waals surface area contributed by atoms with Crippen LogP contribution in [0.4, 0.5) is 13.2 Å². The average molecular weight is 514 g/mol.